The highest BCUT2D eigenvalue weighted by Gasteiger charge is 2.35. The summed E-state index contributed by atoms with van der Waals surface area (Å²) in [4.78, 5) is 18.3. The van der Waals surface area contributed by atoms with E-state index in [0.29, 0.717) is 5.56 Å². The highest BCUT2D eigenvalue weighted by molar-refractivity contribution is 5.82. The number of halogens is 2. The van der Waals surface area contributed by atoms with Gasteiger partial charge in [-0.2, -0.15) is 0 Å². The molecule has 37 heavy (non-hydrogen) atoms. The molecule has 2 unspecified atom stereocenters. The Morgan fingerprint density at radius 1 is 1.00 bits per heavy atom. The van der Waals surface area contributed by atoms with Crippen LogP contribution in [0.1, 0.15) is 81.1 Å². The Balaban J connectivity index is 1.60. The Hall–Kier alpha value is -3.06. The minimum absolute atomic E-state index is 0.0372. The summed E-state index contributed by atoms with van der Waals surface area (Å²) < 4.78 is 38.0. The molecule has 0 aliphatic heterocycles. The van der Waals surface area contributed by atoms with E-state index < -0.39 is 23.8 Å². The zero-order chi connectivity index (χ0) is 25.8. The molecule has 1 amide bonds. The first-order valence-corrected chi connectivity index (χ1v) is 13.5. The topological polar surface area (TPSA) is 56.2 Å². The molecular weight excluding hydrogens is 472 g/mol. The molecule has 1 N–H and O–H groups in total. The third kappa shape index (κ3) is 5.33. The number of hydrogen-bond donors (Lipinski definition) is 1. The monoisotopic (exact) mass is 507 g/mol. The zero-order valence-electron chi connectivity index (χ0n) is 21.3. The van der Waals surface area contributed by atoms with E-state index in [9.17, 15) is 9.18 Å². The summed E-state index contributed by atoms with van der Waals surface area (Å²) >= 11 is 0. The summed E-state index contributed by atoms with van der Waals surface area (Å²) in [6.07, 6.45) is 12.0. The minimum Gasteiger partial charge on any atom is -0.372 e. The van der Waals surface area contributed by atoms with Crippen LogP contribution in [0.4, 0.5) is 8.78 Å². The van der Waals surface area contributed by atoms with E-state index in [1.807, 2.05) is 30.3 Å². The van der Waals surface area contributed by atoms with Gasteiger partial charge < -0.3 is 14.6 Å². The number of benzene rings is 2. The Labute approximate surface area is 217 Å². The van der Waals surface area contributed by atoms with Crippen molar-refractivity contribution in [1.29, 1.82) is 0 Å². The number of aromatic nitrogens is 2. The molecular formula is C30H35F2N3O2. The maximum absolute atomic E-state index is 15.7. The molecule has 3 aromatic rings. The highest BCUT2D eigenvalue weighted by atomic mass is 19.2. The van der Waals surface area contributed by atoms with Gasteiger partial charge in [0.1, 0.15) is 18.0 Å². The first-order chi connectivity index (χ1) is 18.1. The van der Waals surface area contributed by atoms with Crippen LogP contribution < -0.4 is 5.32 Å². The average molecular weight is 508 g/mol. The number of hydrogen-bond acceptors (Lipinski definition) is 3. The van der Waals surface area contributed by atoms with Gasteiger partial charge in [0.25, 0.3) is 0 Å². The van der Waals surface area contributed by atoms with Gasteiger partial charge in [-0.15, -0.1) is 0 Å². The van der Waals surface area contributed by atoms with Crippen LogP contribution in [0.3, 0.4) is 0 Å². The van der Waals surface area contributed by atoms with Gasteiger partial charge in [-0.3, -0.25) is 4.79 Å². The van der Waals surface area contributed by atoms with Crippen molar-refractivity contribution >= 4 is 5.91 Å². The molecule has 1 heterocycles. The highest BCUT2D eigenvalue weighted by Crippen LogP contribution is 2.40. The predicted molar refractivity (Wildman–Crippen MR) is 139 cm³/mol. The zero-order valence-corrected chi connectivity index (χ0v) is 21.3. The lowest BCUT2D eigenvalue weighted by Crippen LogP contribution is -2.42. The van der Waals surface area contributed by atoms with Crippen LogP contribution >= 0.6 is 0 Å². The number of nitrogens with one attached hydrogen (secondary N) is 1. The van der Waals surface area contributed by atoms with E-state index in [1.54, 1.807) is 30.1 Å². The van der Waals surface area contributed by atoms with Crippen LogP contribution in [-0.2, 0) is 9.53 Å². The van der Waals surface area contributed by atoms with E-state index in [1.165, 1.54) is 0 Å². The fraction of sp³-hybridized carbons (Fsp3) is 0.467. The summed E-state index contributed by atoms with van der Waals surface area (Å²) in [5.74, 6) is -1.64. The van der Waals surface area contributed by atoms with Crippen molar-refractivity contribution < 1.29 is 18.3 Å². The van der Waals surface area contributed by atoms with Gasteiger partial charge in [0.05, 0.1) is 5.56 Å². The van der Waals surface area contributed by atoms with Gasteiger partial charge in [0.15, 0.2) is 11.6 Å². The maximum atomic E-state index is 15.7. The van der Waals surface area contributed by atoms with E-state index in [2.05, 4.69) is 10.3 Å². The third-order valence-corrected chi connectivity index (χ3v) is 8.01. The number of carbonyl (C=O) groups is 1. The molecule has 1 aromatic heterocycles. The largest absolute Gasteiger partial charge is 0.372 e. The number of ether oxygens (including phenoxy) is 1. The van der Waals surface area contributed by atoms with Crippen molar-refractivity contribution in [3.05, 3.63) is 77.6 Å². The number of rotatable bonds is 8. The van der Waals surface area contributed by atoms with Gasteiger partial charge in [-0.1, -0.05) is 68.5 Å². The Morgan fingerprint density at radius 3 is 2.41 bits per heavy atom. The molecule has 0 radical (unpaired) electrons. The molecule has 2 aliphatic carbocycles. The Kier molecular flexibility index (Phi) is 7.99. The van der Waals surface area contributed by atoms with Crippen molar-refractivity contribution in [1.82, 2.24) is 14.9 Å². The maximum Gasteiger partial charge on any atom is 0.243 e. The summed E-state index contributed by atoms with van der Waals surface area (Å²) in [6, 6.07) is 11.8. The van der Waals surface area contributed by atoms with Crippen molar-refractivity contribution in [2.24, 2.45) is 5.92 Å². The van der Waals surface area contributed by atoms with E-state index in [0.717, 1.165) is 69.4 Å². The molecule has 7 heteroatoms. The Bertz CT molecular complexity index is 1200. The lowest BCUT2D eigenvalue weighted by Gasteiger charge is -2.32. The molecule has 2 atom stereocenters. The van der Waals surface area contributed by atoms with E-state index in [4.69, 9.17) is 4.74 Å². The van der Waals surface area contributed by atoms with Crippen LogP contribution in [0, 0.1) is 17.6 Å². The second-order valence-electron chi connectivity index (χ2n) is 10.3. The van der Waals surface area contributed by atoms with Gasteiger partial charge in [-0.25, -0.2) is 13.8 Å². The number of nitrogens with zero attached hydrogens (tertiary/aromatic N) is 2. The van der Waals surface area contributed by atoms with Crippen LogP contribution in [0.2, 0.25) is 0 Å². The summed E-state index contributed by atoms with van der Waals surface area (Å²) in [5.41, 5.74) is 1.33. The fourth-order valence-electron chi connectivity index (χ4n) is 6.19. The van der Waals surface area contributed by atoms with E-state index in [-0.39, 0.29) is 29.3 Å². The molecule has 0 spiro atoms. The lowest BCUT2D eigenvalue weighted by molar-refractivity contribution is -0.127. The van der Waals surface area contributed by atoms with Crippen LogP contribution in [-0.4, -0.2) is 28.6 Å². The molecule has 0 bridgehead atoms. The lowest BCUT2D eigenvalue weighted by atomic mass is 9.83. The van der Waals surface area contributed by atoms with Gasteiger partial charge >= 0.3 is 0 Å². The van der Waals surface area contributed by atoms with Gasteiger partial charge in [0.2, 0.25) is 5.91 Å². The number of amides is 1. The Morgan fingerprint density at radius 2 is 1.70 bits per heavy atom. The normalized spacial score (nSPS) is 18.6. The SMILES string of the molecule is COC(c1ccccc1)c1ccc(F)c(F)c1-c1nccn1C(C(=O)NC1CCCC1)C1CCCCC1. The van der Waals surface area contributed by atoms with Crippen LogP contribution in [0.25, 0.3) is 11.4 Å². The average Bonchev–Trinajstić information content (AvgIpc) is 3.61. The fourth-order valence-corrected chi connectivity index (χ4v) is 6.19. The molecule has 196 valence electrons. The predicted octanol–water partition coefficient (Wildman–Crippen LogP) is 6.74. The van der Waals surface area contributed by atoms with Crippen molar-refractivity contribution in [3.63, 3.8) is 0 Å². The molecule has 5 rings (SSSR count). The second kappa shape index (κ2) is 11.5. The number of imidazole rings is 1. The quantitative estimate of drug-likeness (QED) is 0.367. The second-order valence-corrected chi connectivity index (χ2v) is 10.3. The molecule has 2 aromatic carbocycles. The van der Waals surface area contributed by atoms with Crippen molar-refractivity contribution in [3.8, 4) is 11.4 Å². The van der Waals surface area contributed by atoms with Gasteiger partial charge in [0, 0.05) is 25.5 Å². The summed E-state index contributed by atoms with van der Waals surface area (Å²) in [5, 5.41) is 3.26. The van der Waals surface area contributed by atoms with Crippen LogP contribution in [0.5, 0.6) is 0 Å². The summed E-state index contributed by atoms with van der Waals surface area (Å²) in [6.45, 7) is 0. The van der Waals surface area contributed by atoms with Gasteiger partial charge in [-0.05, 0) is 48.8 Å². The third-order valence-electron chi connectivity index (χ3n) is 8.01. The smallest absolute Gasteiger partial charge is 0.243 e. The first-order valence-electron chi connectivity index (χ1n) is 13.5. The first kappa shape index (κ1) is 25.6. The number of carbonyl (C=O) groups excluding carboxylic acids is 1. The number of methoxy groups -OCH3 is 1. The summed E-state index contributed by atoms with van der Waals surface area (Å²) in [7, 11) is 1.55. The van der Waals surface area contributed by atoms with Crippen molar-refractivity contribution in [2.45, 2.75) is 76.0 Å². The standard InChI is InChI=1S/C30H35F2N3O2/c1-37-28(21-12-6-3-7-13-21)23-16-17-24(31)26(32)25(23)29-33-18-19-35(29)27(20-10-4-2-5-11-20)30(36)34-22-14-8-9-15-22/h3,6-7,12-13,16-20,22,27-28H,2,4-5,8-11,14-15H2,1H3,(H,34,36). The molecule has 0 saturated heterocycles. The molecule has 2 aliphatic rings. The van der Waals surface area contributed by atoms with Crippen LogP contribution in [0.15, 0.2) is 54.9 Å². The molecule has 5 nitrogen and oxygen atoms in total. The minimum atomic E-state index is -0.985. The van der Waals surface area contributed by atoms with E-state index >= 15 is 4.39 Å². The van der Waals surface area contributed by atoms with Crippen molar-refractivity contribution in [2.75, 3.05) is 7.11 Å². The molecule has 2 fully saturated rings. The molecule has 2 saturated carbocycles.